The minimum absolute atomic E-state index is 0.386. The minimum Gasteiger partial charge on any atom is -0.422 e. The molecule has 5 aromatic carbocycles. The highest BCUT2D eigenvalue weighted by molar-refractivity contribution is 6.31. The van der Waals surface area contributed by atoms with Gasteiger partial charge in [-0.1, -0.05) is 72.3 Å². The van der Waals surface area contributed by atoms with Crippen LogP contribution in [0.3, 0.4) is 0 Å². The van der Waals surface area contributed by atoms with Crippen molar-refractivity contribution in [1.82, 2.24) is 0 Å². The molecule has 0 saturated carbocycles. The third kappa shape index (κ3) is 2.88. The highest BCUT2D eigenvalue weighted by atomic mass is 35.5. The second-order valence-electron chi connectivity index (χ2n) is 6.74. The molecule has 5 aromatic rings. The van der Waals surface area contributed by atoms with Gasteiger partial charge in [-0.25, -0.2) is 4.79 Å². The monoisotopic (exact) mass is 382 g/mol. The van der Waals surface area contributed by atoms with Gasteiger partial charge in [0.05, 0.1) is 5.56 Å². The molecule has 2 nitrogen and oxygen atoms in total. The van der Waals surface area contributed by atoms with Crippen LogP contribution in [0.15, 0.2) is 91.0 Å². The lowest BCUT2D eigenvalue weighted by molar-refractivity contribution is 0.0739. The van der Waals surface area contributed by atoms with E-state index in [9.17, 15) is 4.79 Å². The summed E-state index contributed by atoms with van der Waals surface area (Å²) < 4.78 is 5.93. The van der Waals surface area contributed by atoms with Gasteiger partial charge in [-0.15, -0.1) is 0 Å². The lowest BCUT2D eigenvalue weighted by atomic mass is 10.0. The summed E-state index contributed by atoms with van der Waals surface area (Å²) in [6.07, 6.45) is 0. The molecule has 0 aromatic heterocycles. The third-order valence-electron chi connectivity index (χ3n) is 4.96. The lowest BCUT2D eigenvalue weighted by Crippen LogP contribution is -2.09. The SMILES string of the molecule is O=C(Oc1c2ccccc2cc2ccc(Cl)cc12)c1ccc2ccccc2c1. The topological polar surface area (TPSA) is 26.3 Å². The highest BCUT2D eigenvalue weighted by Gasteiger charge is 2.15. The van der Waals surface area contributed by atoms with Gasteiger partial charge in [0.2, 0.25) is 0 Å². The molecule has 0 bridgehead atoms. The first kappa shape index (κ1) is 16.8. The number of fused-ring (bicyclic) bond motifs is 3. The molecule has 134 valence electrons. The molecule has 0 aliphatic carbocycles. The summed E-state index contributed by atoms with van der Waals surface area (Å²) in [5.74, 6) is 0.150. The van der Waals surface area contributed by atoms with E-state index >= 15 is 0 Å². The Morgan fingerprint density at radius 3 is 2.18 bits per heavy atom. The van der Waals surface area contributed by atoms with Crippen LogP contribution in [0.1, 0.15) is 10.4 Å². The Morgan fingerprint density at radius 2 is 1.32 bits per heavy atom. The van der Waals surface area contributed by atoms with Crippen molar-refractivity contribution in [3.8, 4) is 5.75 Å². The quantitative estimate of drug-likeness (QED) is 0.186. The van der Waals surface area contributed by atoms with Crippen LogP contribution in [0.5, 0.6) is 5.75 Å². The average molecular weight is 383 g/mol. The summed E-state index contributed by atoms with van der Waals surface area (Å²) in [5.41, 5.74) is 0.516. The number of hydrogen-bond acceptors (Lipinski definition) is 2. The van der Waals surface area contributed by atoms with Crippen molar-refractivity contribution in [2.24, 2.45) is 0 Å². The van der Waals surface area contributed by atoms with Crippen molar-refractivity contribution in [1.29, 1.82) is 0 Å². The number of carbonyl (C=O) groups is 1. The molecule has 0 N–H and O–H groups in total. The molecule has 28 heavy (non-hydrogen) atoms. The van der Waals surface area contributed by atoms with Crippen LogP contribution in [-0.2, 0) is 0 Å². The fourth-order valence-corrected chi connectivity index (χ4v) is 3.74. The maximum absolute atomic E-state index is 13.0. The van der Waals surface area contributed by atoms with E-state index < -0.39 is 0 Å². The van der Waals surface area contributed by atoms with E-state index in [2.05, 4.69) is 6.07 Å². The van der Waals surface area contributed by atoms with E-state index in [1.54, 1.807) is 6.07 Å². The van der Waals surface area contributed by atoms with Gasteiger partial charge < -0.3 is 4.74 Å². The molecule has 0 fully saturated rings. The number of rotatable bonds is 2. The van der Waals surface area contributed by atoms with Gasteiger partial charge >= 0.3 is 5.97 Å². The second kappa shape index (κ2) is 6.66. The number of esters is 1. The summed E-state index contributed by atoms with van der Waals surface area (Å²) in [5, 5.41) is 6.38. The number of hydrogen-bond donors (Lipinski definition) is 0. The van der Waals surface area contributed by atoms with Gasteiger partial charge in [0.15, 0.2) is 0 Å². The molecular weight excluding hydrogens is 368 g/mol. The molecule has 0 unspecified atom stereocenters. The van der Waals surface area contributed by atoms with E-state index in [-0.39, 0.29) is 5.97 Å². The number of ether oxygens (including phenoxy) is 1. The lowest BCUT2D eigenvalue weighted by Gasteiger charge is -2.12. The Morgan fingerprint density at radius 1 is 0.643 bits per heavy atom. The van der Waals surface area contributed by atoms with E-state index in [0.717, 1.165) is 32.3 Å². The fraction of sp³-hybridized carbons (Fsp3) is 0. The summed E-state index contributed by atoms with van der Waals surface area (Å²) in [4.78, 5) is 13.0. The molecule has 3 heteroatoms. The van der Waals surface area contributed by atoms with Crippen LogP contribution in [0, 0.1) is 0 Å². The van der Waals surface area contributed by atoms with Gasteiger partial charge in [-0.05, 0) is 51.9 Å². The largest absolute Gasteiger partial charge is 0.422 e. The van der Waals surface area contributed by atoms with E-state index in [1.165, 1.54) is 0 Å². The van der Waals surface area contributed by atoms with Crippen molar-refractivity contribution in [2.45, 2.75) is 0 Å². The highest BCUT2D eigenvalue weighted by Crippen LogP contribution is 2.36. The molecule has 0 spiro atoms. The van der Waals surface area contributed by atoms with E-state index in [0.29, 0.717) is 16.3 Å². The van der Waals surface area contributed by atoms with Crippen LogP contribution in [-0.4, -0.2) is 5.97 Å². The van der Waals surface area contributed by atoms with E-state index in [1.807, 2.05) is 78.9 Å². The Bertz CT molecular complexity index is 1370. The van der Waals surface area contributed by atoms with Crippen LogP contribution in [0.4, 0.5) is 0 Å². The van der Waals surface area contributed by atoms with Gasteiger partial charge in [0.1, 0.15) is 5.75 Å². The summed E-state index contributed by atoms with van der Waals surface area (Å²) in [7, 11) is 0. The van der Waals surface area contributed by atoms with Crippen LogP contribution in [0.25, 0.3) is 32.3 Å². The Hall–Kier alpha value is -3.36. The number of carbonyl (C=O) groups excluding carboxylic acids is 1. The van der Waals surface area contributed by atoms with Crippen molar-refractivity contribution in [3.63, 3.8) is 0 Å². The predicted molar refractivity (Wildman–Crippen MR) is 115 cm³/mol. The van der Waals surface area contributed by atoms with Crippen LogP contribution < -0.4 is 4.74 Å². The molecule has 5 rings (SSSR count). The molecule has 0 aliphatic heterocycles. The molecule has 0 radical (unpaired) electrons. The minimum atomic E-state index is -0.386. The molecule has 0 amide bonds. The third-order valence-corrected chi connectivity index (χ3v) is 5.19. The zero-order valence-electron chi connectivity index (χ0n) is 14.9. The first-order valence-electron chi connectivity index (χ1n) is 9.01. The van der Waals surface area contributed by atoms with Crippen LogP contribution in [0.2, 0.25) is 5.02 Å². The van der Waals surface area contributed by atoms with E-state index in [4.69, 9.17) is 16.3 Å². The number of benzene rings is 5. The molecule has 0 heterocycles. The first-order chi connectivity index (χ1) is 13.7. The standard InChI is InChI=1S/C25H15ClO2/c26-21-12-11-19-14-18-7-3-4-8-22(18)24(23(19)15-21)28-25(27)20-10-9-16-5-1-2-6-17(16)13-20/h1-15H. The second-order valence-corrected chi connectivity index (χ2v) is 7.18. The summed E-state index contributed by atoms with van der Waals surface area (Å²) >= 11 is 6.22. The fourth-order valence-electron chi connectivity index (χ4n) is 3.57. The Balaban J connectivity index is 1.66. The van der Waals surface area contributed by atoms with Gasteiger partial charge in [-0.3, -0.25) is 0 Å². The van der Waals surface area contributed by atoms with Crippen molar-refractivity contribution in [2.75, 3.05) is 0 Å². The molecule has 0 atom stereocenters. The molecule has 0 aliphatic rings. The predicted octanol–water partition coefficient (Wildman–Crippen LogP) is 7.02. The summed E-state index contributed by atoms with van der Waals surface area (Å²) in [6, 6.07) is 29.1. The smallest absolute Gasteiger partial charge is 0.343 e. The molecular formula is C25H15ClO2. The zero-order chi connectivity index (χ0) is 19.1. The van der Waals surface area contributed by atoms with Crippen molar-refractivity contribution >= 4 is 49.9 Å². The van der Waals surface area contributed by atoms with Crippen LogP contribution >= 0.6 is 11.6 Å². The maximum atomic E-state index is 13.0. The maximum Gasteiger partial charge on any atom is 0.343 e. The summed E-state index contributed by atoms with van der Waals surface area (Å²) in [6.45, 7) is 0. The normalized spacial score (nSPS) is 11.2. The average Bonchev–Trinajstić information content (AvgIpc) is 2.73. The first-order valence-corrected chi connectivity index (χ1v) is 9.39. The Kier molecular flexibility index (Phi) is 4.00. The molecule has 0 saturated heterocycles. The van der Waals surface area contributed by atoms with Gasteiger partial charge in [0.25, 0.3) is 0 Å². The van der Waals surface area contributed by atoms with Crippen molar-refractivity contribution < 1.29 is 9.53 Å². The van der Waals surface area contributed by atoms with Crippen molar-refractivity contribution in [3.05, 3.63) is 102 Å². The van der Waals surface area contributed by atoms with Gasteiger partial charge in [-0.2, -0.15) is 0 Å². The number of halogens is 1. The zero-order valence-corrected chi connectivity index (χ0v) is 15.6. The Labute approximate surface area is 166 Å². The van der Waals surface area contributed by atoms with Gasteiger partial charge in [0, 0.05) is 15.8 Å².